The molecule has 102 valence electrons. The minimum atomic E-state index is -4.82. The van der Waals surface area contributed by atoms with Gasteiger partial charge in [0.1, 0.15) is 6.07 Å². The number of aliphatic hydroxyl groups is 1. The number of alkyl halides is 3. The first-order valence-electron chi connectivity index (χ1n) is 5.27. The smallest absolute Gasteiger partial charge is 0.417 e. The Kier molecular flexibility index (Phi) is 4.51. The first-order valence-corrected chi connectivity index (χ1v) is 5.27. The van der Waals surface area contributed by atoms with Gasteiger partial charge in [0.05, 0.1) is 29.9 Å². The van der Waals surface area contributed by atoms with Crippen molar-refractivity contribution in [1.82, 2.24) is 0 Å². The van der Waals surface area contributed by atoms with E-state index in [1.54, 1.807) is 0 Å². The van der Waals surface area contributed by atoms with Crippen LogP contribution in [0.25, 0.3) is 0 Å². The van der Waals surface area contributed by atoms with Crippen molar-refractivity contribution in [2.45, 2.75) is 19.7 Å². The fraction of sp³-hybridized carbons (Fsp3) is 0.333. The Labute approximate surface area is 107 Å². The molecule has 1 aromatic carbocycles. The third-order valence-corrected chi connectivity index (χ3v) is 2.29. The van der Waals surface area contributed by atoms with Crippen molar-refractivity contribution in [1.29, 1.82) is 5.26 Å². The summed E-state index contributed by atoms with van der Waals surface area (Å²) in [6, 6.07) is 3.17. The molecule has 0 atom stereocenters. The van der Waals surface area contributed by atoms with Gasteiger partial charge in [-0.05, 0) is 24.6 Å². The van der Waals surface area contributed by atoms with Crippen molar-refractivity contribution in [2.75, 3.05) is 6.61 Å². The molecule has 0 bridgehead atoms. The summed E-state index contributed by atoms with van der Waals surface area (Å²) in [4.78, 5) is 11.6. The number of halogens is 3. The minimum absolute atomic E-state index is 0.100. The lowest BCUT2D eigenvalue weighted by Crippen LogP contribution is -2.17. The first-order chi connectivity index (χ1) is 8.85. The van der Waals surface area contributed by atoms with Gasteiger partial charge < -0.3 is 9.84 Å². The van der Waals surface area contributed by atoms with E-state index in [-0.39, 0.29) is 12.2 Å². The largest absolute Gasteiger partial charge is 0.462 e. The van der Waals surface area contributed by atoms with Crippen LogP contribution < -0.4 is 0 Å². The predicted molar refractivity (Wildman–Crippen MR) is 58.0 cm³/mol. The molecule has 0 saturated carbocycles. The maximum Gasteiger partial charge on any atom is 0.417 e. The molecular formula is C12H10F3NO3. The molecule has 4 nitrogen and oxygen atoms in total. The van der Waals surface area contributed by atoms with E-state index in [0.717, 1.165) is 6.07 Å². The van der Waals surface area contributed by atoms with Crippen molar-refractivity contribution in [3.05, 3.63) is 34.4 Å². The van der Waals surface area contributed by atoms with Crippen LogP contribution in [0.15, 0.2) is 12.1 Å². The molecule has 0 aliphatic rings. The van der Waals surface area contributed by atoms with E-state index in [9.17, 15) is 18.0 Å². The van der Waals surface area contributed by atoms with E-state index >= 15 is 0 Å². The Morgan fingerprint density at radius 2 is 2.11 bits per heavy atom. The second-order valence-corrected chi connectivity index (χ2v) is 3.55. The summed E-state index contributed by atoms with van der Waals surface area (Å²) in [5.41, 5.74) is -2.68. The quantitative estimate of drug-likeness (QED) is 0.857. The van der Waals surface area contributed by atoms with Gasteiger partial charge in [-0.15, -0.1) is 0 Å². The van der Waals surface area contributed by atoms with Gasteiger partial charge in [-0.2, -0.15) is 18.4 Å². The van der Waals surface area contributed by atoms with Crippen LogP contribution in [0, 0.1) is 11.3 Å². The second-order valence-electron chi connectivity index (χ2n) is 3.55. The van der Waals surface area contributed by atoms with Gasteiger partial charge in [-0.1, -0.05) is 0 Å². The molecule has 1 N–H and O–H groups in total. The average molecular weight is 273 g/mol. The van der Waals surface area contributed by atoms with Gasteiger partial charge in [-0.3, -0.25) is 0 Å². The molecule has 0 aliphatic heterocycles. The monoisotopic (exact) mass is 273 g/mol. The number of rotatable bonds is 3. The predicted octanol–water partition coefficient (Wildman–Crippen LogP) is 2.25. The number of esters is 1. The summed E-state index contributed by atoms with van der Waals surface area (Å²) in [5.74, 6) is -1.21. The number of hydrogen-bond acceptors (Lipinski definition) is 4. The fourth-order valence-corrected chi connectivity index (χ4v) is 1.53. The molecule has 0 saturated heterocycles. The van der Waals surface area contributed by atoms with E-state index in [2.05, 4.69) is 4.74 Å². The van der Waals surface area contributed by atoms with E-state index in [1.807, 2.05) is 0 Å². The van der Waals surface area contributed by atoms with Crippen LogP contribution in [0.4, 0.5) is 13.2 Å². The molecule has 7 heteroatoms. The van der Waals surface area contributed by atoms with Gasteiger partial charge >= 0.3 is 12.1 Å². The summed E-state index contributed by atoms with van der Waals surface area (Å²) in [6.07, 6.45) is -4.82. The standard InChI is InChI=1S/C12H10F3NO3/c1-2-19-11(18)10-8(5-16)3-7(6-17)4-9(10)12(13,14)15/h3-4,17H,2,6H2,1H3. The molecular weight excluding hydrogens is 263 g/mol. The molecule has 0 aliphatic carbocycles. The van der Waals surface area contributed by atoms with Crippen LogP contribution >= 0.6 is 0 Å². The number of hydrogen-bond donors (Lipinski definition) is 1. The third kappa shape index (κ3) is 3.23. The maximum atomic E-state index is 12.9. The lowest BCUT2D eigenvalue weighted by molar-refractivity contribution is -0.138. The van der Waals surface area contributed by atoms with Gasteiger partial charge in [0.2, 0.25) is 0 Å². The topological polar surface area (TPSA) is 70.3 Å². The highest BCUT2D eigenvalue weighted by Gasteiger charge is 2.37. The number of nitrogens with zero attached hydrogens (tertiary/aromatic N) is 1. The molecule has 0 radical (unpaired) electrons. The van der Waals surface area contributed by atoms with E-state index in [0.29, 0.717) is 6.07 Å². The van der Waals surface area contributed by atoms with Crippen LogP contribution in [0.1, 0.15) is 34.0 Å². The number of carbonyl (C=O) groups is 1. The summed E-state index contributed by atoms with van der Waals surface area (Å²) in [5, 5.41) is 17.7. The summed E-state index contributed by atoms with van der Waals surface area (Å²) >= 11 is 0. The van der Waals surface area contributed by atoms with Crippen LogP contribution in [0.3, 0.4) is 0 Å². The average Bonchev–Trinajstić information content (AvgIpc) is 2.36. The van der Waals surface area contributed by atoms with Crippen molar-refractivity contribution in [3.8, 4) is 6.07 Å². The number of benzene rings is 1. The van der Waals surface area contributed by atoms with Gasteiger partial charge in [0, 0.05) is 0 Å². The van der Waals surface area contributed by atoms with Crippen LogP contribution in [0.5, 0.6) is 0 Å². The number of aliphatic hydroxyl groups excluding tert-OH is 1. The van der Waals surface area contributed by atoms with Gasteiger partial charge in [0.25, 0.3) is 0 Å². The zero-order chi connectivity index (χ0) is 14.6. The normalized spacial score (nSPS) is 10.9. The highest BCUT2D eigenvalue weighted by molar-refractivity contribution is 5.94. The van der Waals surface area contributed by atoms with Crippen molar-refractivity contribution < 1.29 is 27.8 Å². The first kappa shape index (κ1) is 15.0. The SMILES string of the molecule is CCOC(=O)c1c(C#N)cc(CO)cc1C(F)(F)F. The van der Waals surface area contributed by atoms with E-state index < -0.39 is 35.4 Å². The van der Waals surface area contributed by atoms with Gasteiger partial charge in [-0.25, -0.2) is 4.79 Å². The van der Waals surface area contributed by atoms with Crippen LogP contribution in [-0.4, -0.2) is 17.7 Å². The molecule has 0 amide bonds. The third-order valence-electron chi connectivity index (χ3n) is 2.29. The van der Waals surface area contributed by atoms with Gasteiger partial charge in [0.15, 0.2) is 0 Å². The van der Waals surface area contributed by atoms with E-state index in [4.69, 9.17) is 10.4 Å². The highest BCUT2D eigenvalue weighted by atomic mass is 19.4. The Bertz CT molecular complexity index is 532. The molecule has 1 rings (SSSR count). The summed E-state index contributed by atoms with van der Waals surface area (Å²) < 4.78 is 43.2. The zero-order valence-electron chi connectivity index (χ0n) is 9.91. The Morgan fingerprint density at radius 1 is 1.47 bits per heavy atom. The molecule has 0 unspecified atom stereocenters. The molecule has 0 aromatic heterocycles. The molecule has 19 heavy (non-hydrogen) atoms. The Hall–Kier alpha value is -2.07. The second kappa shape index (κ2) is 5.71. The van der Waals surface area contributed by atoms with Crippen molar-refractivity contribution in [2.24, 2.45) is 0 Å². The Balaban J connectivity index is 3.57. The zero-order valence-corrected chi connectivity index (χ0v) is 9.91. The summed E-state index contributed by atoms with van der Waals surface area (Å²) in [6.45, 7) is 0.670. The Morgan fingerprint density at radius 3 is 2.53 bits per heavy atom. The van der Waals surface area contributed by atoms with Crippen LogP contribution in [0.2, 0.25) is 0 Å². The molecule has 1 aromatic rings. The fourth-order valence-electron chi connectivity index (χ4n) is 1.53. The number of carbonyl (C=O) groups excluding carboxylic acids is 1. The molecule has 0 spiro atoms. The minimum Gasteiger partial charge on any atom is -0.462 e. The maximum absolute atomic E-state index is 12.9. The lowest BCUT2D eigenvalue weighted by Gasteiger charge is -2.14. The molecule has 0 fully saturated rings. The summed E-state index contributed by atoms with van der Waals surface area (Å²) in [7, 11) is 0. The lowest BCUT2D eigenvalue weighted by atomic mass is 9.98. The number of nitriles is 1. The highest BCUT2D eigenvalue weighted by Crippen LogP contribution is 2.34. The number of ether oxygens (including phenoxy) is 1. The van der Waals surface area contributed by atoms with Crippen molar-refractivity contribution >= 4 is 5.97 Å². The van der Waals surface area contributed by atoms with Crippen LogP contribution in [-0.2, 0) is 17.5 Å². The van der Waals surface area contributed by atoms with Crippen molar-refractivity contribution in [3.63, 3.8) is 0 Å². The van der Waals surface area contributed by atoms with E-state index in [1.165, 1.54) is 13.0 Å². The molecule has 0 heterocycles.